The third-order valence-corrected chi connectivity index (χ3v) is 3.02. The number of aromatic carboxylic acids is 1. The van der Waals surface area contributed by atoms with Crippen LogP contribution >= 0.6 is 11.3 Å². The van der Waals surface area contributed by atoms with E-state index in [0.29, 0.717) is 11.4 Å². The second kappa shape index (κ2) is 4.57. The van der Waals surface area contributed by atoms with Gasteiger partial charge in [0.15, 0.2) is 10.7 Å². The Labute approximate surface area is 106 Å². The fourth-order valence-corrected chi connectivity index (χ4v) is 2.06. The highest BCUT2D eigenvalue weighted by atomic mass is 32.1. The number of amides is 1. The van der Waals surface area contributed by atoms with Crippen molar-refractivity contribution in [1.82, 2.24) is 14.8 Å². The van der Waals surface area contributed by atoms with E-state index in [2.05, 4.69) is 15.4 Å². The minimum atomic E-state index is -1.15. The van der Waals surface area contributed by atoms with Gasteiger partial charge in [0.05, 0.1) is 11.4 Å². The van der Waals surface area contributed by atoms with Crippen molar-refractivity contribution in [2.24, 2.45) is 7.05 Å². The number of carboxylic acid groups (broad SMARTS) is 1. The average Bonchev–Trinajstić information content (AvgIpc) is 2.86. The molecule has 2 N–H and O–H groups in total. The summed E-state index contributed by atoms with van der Waals surface area (Å²) in [5, 5.41) is 16.9. The van der Waals surface area contributed by atoms with Crippen molar-refractivity contribution in [3.63, 3.8) is 0 Å². The van der Waals surface area contributed by atoms with Crippen LogP contribution in [-0.4, -0.2) is 31.7 Å². The maximum absolute atomic E-state index is 11.8. The van der Waals surface area contributed by atoms with Crippen LogP contribution in [0.3, 0.4) is 0 Å². The molecule has 0 radical (unpaired) electrons. The SMILES string of the molecule is Cc1nn(C)cc1NC(=O)c1nc(C(=O)O)cs1. The van der Waals surface area contributed by atoms with Gasteiger partial charge in [0.1, 0.15) is 0 Å². The van der Waals surface area contributed by atoms with Crippen LogP contribution in [0.1, 0.15) is 26.0 Å². The van der Waals surface area contributed by atoms with E-state index in [1.807, 2.05) is 0 Å². The molecular weight excluding hydrogens is 256 g/mol. The molecule has 0 aliphatic carbocycles. The van der Waals surface area contributed by atoms with Crippen LogP contribution in [0.2, 0.25) is 0 Å². The van der Waals surface area contributed by atoms with E-state index in [1.165, 1.54) is 5.38 Å². The van der Waals surface area contributed by atoms with Crippen molar-refractivity contribution >= 4 is 28.9 Å². The Kier molecular flexibility index (Phi) is 3.11. The molecule has 0 fully saturated rings. The monoisotopic (exact) mass is 266 g/mol. The molecule has 0 atom stereocenters. The van der Waals surface area contributed by atoms with Crippen LogP contribution in [0.25, 0.3) is 0 Å². The number of rotatable bonds is 3. The van der Waals surface area contributed by atoms with Crippen LogP contribution in [0.5, 0.6) is 0 Å². The molecule has 8 heteroatoms. The second-order valence-corrected chi connectivity index (χ2v) is 4.46. The molecule has 7 nitrogen and oxygen atoms in total. The number of aryl methyl sites for hydroxylation is 2. The normalized spacial score (nSPS) is 10.3. The number of nitrogens with one attached hydrogen (secondary N) is 1. The molecule has 94 valence electrons. The van der Waals surface area contributed by atoms with Gasteiger partial charge in [-0.05, 0) is 6.92 Å². The van der Waals surface area contributed by atoms with Crippen LogP contribution in [0.4, 0.5) is 5.69 Å². The predicted octanol–water partition coefficient (Wildman–Crippen LogP) is 1.14. The summed E-state index contributed by atoms with van der Waals surface area (Å²) in [7, 11) is 1.74. The topological polar surface area (TPSA) is 97.1 Å². The van der Waals surface area contributed by atoms with Crippen LogP contribution in [0, 0.1) is 6.92 Å². The van der Waals surface area contributed by atoms with Gasteiger partial charge in [0.2, 0.25) is 0 Å². The lowest BCUT2D eigenvalue weighted by Crippen LogP contribution is -2.12. The van der Waals surface area contributed by atoms with E-state index in [-0.39, 0.29) is 10.7 Å². The smallest absolute Gasteiger partial charge is 0.355 e. The highest BCUT2D eigenvalue weighted by Crippen LogP contribution is 2.15. The number of anilines is 1. The van der Waals surface area contributed by atoms with Gasteiger partial charge in [-0.15, -0.1) is 11.3 Å². The van der Waals surface area contributed by atoms with Gasteiger partial charge in [0.25, 0.3) is 5.91 Å². The van der Waals surface area contributed by atoms with Crippen LogP contribution < -0.4 is 5.32 Å². The van der Waals surface area contributed by atoms with E-state index in [9.17, 15) is 9.59 Å². The van der Waals surface area contributed by atoms with Crippen LogP contribution in [-0.2, 0) is 7.05 Å². The van der Waals surface area contributed by atoms with E-state index in [4.69, 9.17) is 5.11 Å². The number of nitrogens with zero attached hydrogens (tertiary/aromatic N) is 3. The van der Waals surface area contributed by atoms with Gasteiger partial charge in [-0.2, -0.15) is 5.10 Å². The zero-order valence-corrected chi connectivity index (χ0v) is 10.5. The largest absolute Gasteiger partial charge is 0.476 e. The first kappa shape index (κ1) is 12.2. The molecule has 18 heavy (non-hydrogen) atoms. The van der Waals surface area contributed by atoms with Gasteiger partial charge >= 0.3 is 5.97 Å². The summed E-state index contributed by atoms with van der Waals surface area (Å²) in [6.45, 7) is 1.76. The van der Waals surface area contributed by atoms with E-state index in [1.54, 1.807) is 24.9 Å². The Hall–Kier alpha value is -2.22. The number of aromatic nitrogens is 3. The first-order valence-electron chi connectivity index (χ1n) is 4.98. The zero-order valence-electron chi connectivity index (χ0n) is 9.67. The number of hydrogen-bond acceptors (Lipinski definition) is 5. The number of hydrogen-bond donors (Lipinski definition) is 2. The quantitative estimate of drug-likeness (QED) is 0.868. The van der Waals surface area contributed by atoms with Gasteiger partial charge in [-0.25, -0.2) is 9.78 Å². The Morgan fingerprint density at radius 1 is 1.50 bits per heavy atom. The molecule has 0 aliphatic heterocycles. The van der Waals surface area contributed by atoms with Gasteiger partial charge < -0.3 is 10.4 Å². The summed E-state index contributed by atoms with van der Waals surface area (Å²) in [5.41, 5.74) is 1.13. The Balaban J connectivity index is 2.16. The van der Waals surface area contributed by atoms with E-state index in [0.717, 1.165) is 11.3 Å². The summed E-state index contributed by atoms with van der Waals surface area (Å²) >= 11 is 0.987. The Bertz CT molecular complexity index is 616. The van der Waals surface area contributed by atoms with E-state index >= 15 is 0 Å². The molecule has 2 rings (SSSR count). The number of carbonyl (C=O) groups excluding carboxylic acids is 1. The molecule has 0 saturated carbocycles. The standard InChI is InChI=1S/C10H10N4O3S/c1-5-6(3-14(2)13-5)11-8(15)9-12-7(4-18-9)10(16)17/h3-4H,1-2H3,(H,11,15)(H,16,17). The maximum atomic E-state index is 11.8. The number of carbonyl (C=O) groups is 2. The Morgan fingerprint density at radius 2 is 2.22 bits per heavy atom. The maximum Gasteiger partial charge on any atom is 0.355 e. The third kappa shape index (κ3) is 2.38. The highest BCUT2D eigenvalue weighted by Gasteiger charge is 2.16. The Morgan fingerprint density at radius 3 is 2.72 bits per heavy atom. The molecule has 0 saturated heterocycles. The zero-order chi connectivity index (χ0) is 13.3. The average molecular weight is 266 g/mol. The minimum absolute atomic E-state index is 0.107. The lowest BCUT2D eigenvalue weighted by atomic mass is 10.4. The molecule has 0 aromatic carbocycles. The second-order valence-electron chi connectivity index (χ2n) is 3.60. The molecular formula is C10H10N4O3S. The lowest BCUT2D eigenvalue weighted by Gasteiger charge is -1.99. The molecule has 0 unspecified atom stereocenters. The van der Waals surface area contributed by atoms with Gasteiger partial charge in [-0.1, -0.05) is 0 Å². The van der Waals surface area contributed by atoms with Crippen molar-refractivity contribution in [1.29, 1.82) is 0 Å². The third-order valence-electron chi connectivity index (χ3n) is 2.18. The number of carboxylic acids is 1. The number of thiazole rings is 1. The van der Waals surface area contributed by atoms with Crippen molar-refractivity contribution in [3.05, 3.63) is 28.0 Å². The fourth-order valence-electron chi connectivity index (χ4n) is 1.37. The predicted molar refractivity (Wildman–Crippen MR) is 65.0 cm³/mol. The minimum Gasteiger partial charge on any atom is -0.476 e. The summed E-state index contributed by atoms with van der Waals surface area (Å²) in [5.74, 6) is -1.59. The van der Waals surface area contributed by atoms with Crippen molar-refractivity contribution in [2.45, 2.75) is 6.92 Å². The van der Waals surface area contributed by atoms with Crippen molar-refractivity contribution < 1.29 is 14.7 Å². The van der Waals surface area contributed by atoms with E-state index < -0.39 is 11.9 Å². The first-order valence-corrected chi connectivity index (χ1v) is 5.85. The molecule has 1 amide bonds. The molecule has 2 aromatic rings. The molecule has 2 heterocycles. The molecule has 2 aromatic heterocycles. The molecule has 0 aliphatic rings. The van der Waals surface area contributed by atoms with Crippen molar-refractivity contribution in [3.8, 4) is 0 Å². The summed E-state index contributed by atoms with van der Waals surface area (Å²) < 4.78 is 1.58. The molecule has 0 spiro atoms. The molecule has 0 bridgehead atoms. The lowest BCUT2D eigenvalue weighted by molar-refractivity contribution is 0.0691. The first-order chi connectivity index (χ1) is 8.47. The summed E-state index contributed by atoms with van der Waals surface area (Å²) in [4.78, 5) is 26.2. The van der Waals surface area contributed by atoms with Crippen LogP contribution in [0.15, 0.2) is 11.6 Å². The highest BCUT2D eigenvalue weighted by molar-refractivity contribution is 7.12. The summed E-state index contributed by atoms with van der Waals surface area (Å²) in [6.07, 6.45) is 1.67. The van der Waals surface area contributed by atoms with Gasteiger partial charge in [-0.3, -0.25) is 9.48 Å². The van der Waals surface area contributed by atoms with Crippen molar-refractivity contribution in [2.75, 3.05) is 5.32 Å². The fraction of sp³-hybridized carbons (Fsp3) is 0.200. The van der Waals surface area contributed by atoms with Gasteiger partial charge in [0, 0.05) is 18.6 Å². The summed E-state index contributed by atoms with van der Waals surface area (Å²) in [6, 6.07) is 0.